The fourth-order valence-electron chi connectivity index (χ4n) is 4.78. The van der Waals surface area contributed by atoms with Gasteiger partial charge in [-0.1, -0.05) is 6.07 Å². The van der Waals surface area contributed by atoms with Gasteiger partial charge in [-0.3, -0.25) is 14.2 Å². The third-order valence-electron chi connectivity index (χ3n) is 6.82. The van der Waals surface area contributed by atoms with Crippen LogP contribution in [0.25, 0.3) is 16.6 Å². The third kappa shape index (κ3) is 5.60. The van der Waals surface area contributed by atoms with E-state index in [9.17, 15) is 14.7 Å². The largest absolute Gasteiger partial charge is 0.490 e. The zero-order valence-corrected chi connectivity index (χ0v) is 21.2. The van der Waals surface area contributed by atoms with Crippen LogP contribution in [0.4, 0.5) is 0 Å². The van der Waals surface area contributed by atoms with Gasteiger partial charge in [0.05, 0.1) is 22.2 Å². The fraction of sp³-hybridized carbons (Fsp3) is 0.464. The number of fused-ring (bicyclic) bond motifs is 1. The minimum Gasteiger partial charge on any atom is -0.490 e. The number of likely N-dealkylation sites (tertiary alicyclic amines) is 1. The van der Waals surface area contributed by atoms with Gasteiger partial charge in [0.15, 0.2) is 0 Å². The van der Waals surface area contributed by atoms with Crippen LogP contribution < -0.4 is 15.6 Å². The highest BCUT2D eigenvalue weighted by molar-refractivity contribution is 5.95. The van der Waals surface area contributed by atoms with E-state index in [-0.39, 0.29) is 23.6 Å². The standard InChI is InChI=1S/C28H34N4O4/c1-18-4-5-19(26(33)30-20-6-7-20)14-25(18)32-17-29-24-9-8-22(15-23(24)27(32)34)36-21-10-12-31(13-11-21)16-28(2,3)35/h4-5,8-9,14-15,17,20-21,35H,6-7,10-13,16H2,1-3H3,(H,30,33). The molecule has 0 bridgehead atoms. The Bertz CT molecular complexity index is 1330. The summed E-state index contributed by atoms with van der Waals surface area (Å²) in [6, 6.07) is 11.1. The summed E-state index contributed by atoms with van der Waals surface area (Å²) in [7, 11) is 0. The van der Waals surface area contributed by atoms with E-state index in [1.165, 1.54) is 10.9 Å². The second kappa shape index (κ2) is 9.67. The Morgan fingerprint density at radius 2 is 1.89 bits per heavy atom. The van der Waals surface area contributed by atoms with Gasteiger partial charge in [-0.2, -0.15) is 0 Å². The number of aliphatic hydroxyl groups is 1. The molecule has 190 valence electrons. The number of nitrogens with zero attached hydrogens (tertiary/aromatic N) is 3. The number of carbonyl (C=O) groups is 1. The lowest BCUT2D eigenvalue weighted by atomic mass is 10.0. The maximum absolute atomic E-state index is 13.5. The van der Waals surface area contributed by atoms with Crippen LogP contribution in [0.5, 0.6) is 5.75 Å². The summed E-state index contributed by atoms with van der Waals surface area (Å²) in [5, 5.41) is 13.5. The quantitative estimate of drug-likeness (QED) is 0.528. The second-order valence-corrected chi connectivity index (χ2v) is 10.8. The molecule has 1 saturated heterocycles. The number of carbonyl (C=O) groups excluding carboxylic acids is 1. The monoisotopic (exact) mass is 490 g/mol. The minimum absolute atomic E-state index is 0.0586. The Morgan fingerprint density at radius 3 is 2.58 bits per heavy atom. The van der Waals surface area contributed by atoms with Crippen LogP contribution in [0.1, 0.15) is 55.5 Å². The number of amides is 1. The van der Waals surface area contributed by atoms with Crippen molar-refractivity contribution >= 4 is 16.8 Å². The summed E-state index contributed by atoms with van der Waals surface area (Å²) in [6.07, 6.45) is 5.34. The van der Waals surface area contributed by atoms with Crippen molar-refractivity contribution in [2.45, 2.75) is 64.2 Å². The molecule has 1 amide bonds. The summed E-state index contributed by atoms with van der Waals surface area (Å²) < 4.78 is 7.75. The van der Waals surface area contributed by atoms with Gasteiger partial charge in [0, 0.05) is 31.2 Å². The Kier molecular flexibility index (Phi) is 6.57. The van der Waals surface area contributed by atoms with Crippen LogP contribution in [0, 0.1) is 6.92 Å². The summed E-state index contributed by atoms with van der Waals surface area (Å²) in [5.41, 5.74) is 1.74. The molecule has 2 aliphatic rings. The number of rotatable bonds is 7. The molecular weight excluding hydrogens is 456 g/mol. The molecule has 1 aliphatic heterocycles. The van der Waals surface area contributed by atoms with Gasteiger partial charge in [0.1, 0.15) is 18.2 Å². The first kappa shape index (κ1) is 24.5. The summed E-state index contributed by atoms with van der Waals surface area (Å²) in [6.45, 7) is 7.93. The highest BCUT2D eigenvalue weighted by Gasteiger charge is 2.26. The lowest BCUT2D eigenvalue weighted by Crippen LogP contribution is -2.45. The average Bonchev–Trinajstić information content (AvgIpc) is 3.65. The first-order chi connectivity index (χ1) is 17.2. The van der Waals surface area contributed by atoms with E-state index < -0.39 is 5.60 Å². The highest BCUT2D eigenvalue weighted by Crippen LogP contribution is 2.24. The number of aromatic nitrogens is 2. The van der Waals surface area contributed by atoms with Crippen molar-refractivity contribution in [1.29, 1.82) is 0 Å². The smallest absolute Gasteiger partial charge is 0.265 e. The predicted octanol–water partition coefficient (Wildman–Crippen LogP) is 3.20. The second-order valence-electron chi connectivity index (χ2n) is 10.8. The number of aryl methyl sites for hydroxylation is 1. The van der Waals surface area contributed by atoms with Crippen molar-refractivity contribution in [1.82, 2.24) is 19.8 Å². The molecule has 8 nitrogen and oxygen atoms in total. The van der Waals surface area contributed by atoms with Gasteiger partial charge in [-0.05, 0) is 82.3 Å². The van der Waals surface area contributed by atoms with E-state index in [4.69, 9.17) is 4.74 Å². The van der Waals surface area contributed by atoms with Crippen molar-refractivity contribution in [2.24, 2.45) is 0 Å². The van der Waals surface area contributed by atoms with Gasteiger partial charge in [0.2, 0.25) is 0 Å². The molecule has 0 spiro atoms. The molecule has 2 aromatic carbocycles. The molecular formula is C28H34N4O4. The highest BCUT2D eigenvalue weighted by atomic mass is 16.5. The van der Waals surface area contributed by atoms with Crippen molar-refractivity contribution < 1.29 is 14.6 Å². The van der Waals surface area contributed by atoms with Crippen molar-refractivity contribution in [3.05, 3.63) is 64.2 Å². The first-order valence-corrected chi connectivity index (χ1v) is 12.7. The topological polar surface area (TPSA) is 96.7 Å². The molecule has 8 heteroatoms. The molecule has 0 unspecified atom stereocenters. The van der Waals surface area contributed by atoms with E-state index in [0.29, 0.717) is 34.4 Å². The van der Waals surface area contributed by atoms with E-state index in [2.05, 4.69) is 15.2 Å². The Morgan fingerprint density at radius 1 is 1.14 bits per heavy atom. The molecule has 0 radical (unpaired) electrons. The zero-order chi connectivity index (χ0) is 25.4. The molecule has 5 rings (SSSR count). The van der Waals surface area contributed by atoms with Gasteiger partial charge >= 0.3 is 0 Å². The lowest BCUT2D eigenvalue weighted by Gasteiger charge is -2.35. The van der Waals surface area contributed by atoms with E-state index in [1.54, 1.807) is 18.2 Å². The number of ether oxygens (including phenoxy) is 1. The predicted molar refractivity (Wildman–Crippen MR) is 139 cm³/mol. The van der Waals surface area contributed by atoms with E-state index in [1.807, 2.05) is 39.0 Å². The SMILES string of the molecule is Cc1ccc(C(=O)NC2CC2)cc1-n1cnc2ccc(OC3CCN(CC(C)(C)O)CC3)cc2c1=O. The number of benzene rings is 2. The first-order valence-electron chi connectivity index (χ1n) is 12.7. The number of β-amino-alcohol motifs (C(OH)–C–C–N with tert-alkyl or cyclic N) is 1. The van der Waals surface area contributed by atoms with Crippen molar-refractivity contribution in [2.75, 3.05) is 19.6 Å². The minimum atomic E-state index is -0.710. The number of piperidine rings is 1. The van der Waals surface area contributed by atoms with Crippen molar-refractivity contribution in [3.63, 3.8) is 0 Å². The van der Waals surface area contributed by atoms with E-state index in [0.717, 1.165) is 44.3 Å². The third-order valence-corrected chi connectivity index (χ3v) is 6.82. The Labute approximate surface area is 210 Å². The van der Waals surface area contributed by atoms with Gasteiger partial charge < -0.3 is 20.1 Å². The number of hydrogen-bond donors (Lipinski definition) is 2. The molecule has 36 heavy (non-hydrogen) atoms. The van der Waals surface area contributed by atoms with Gasteiger partial charge in [-0.15, -0.1) is 0 Å². The maximum Gasteiger partial charge on any atom is 0.265 e. The molecule has 2 N–H and O–H groups in total. The summed E-state index contributed by atoms with van der Waals surface area (Å²) >= 11 is 0. The molecule has 0 atom stereocenters. The fourth-order valence-corrected chi connectivity index (χ4v) is 4.78. The van der Waals surface area contributed by atoms with E-state index >= 15 is 0 Å². The molecule has 1 aromatic heterocycles. The van der Waals surface area contributed by atoms with Crippen LogP contribution in [-0.2, 0) is 0 Å². The van der Waals surface area contributed by atoms with Crippen LogP contribution in [0.15, 0.2) is 47.5 Å². The Balaban J connectivity index is 1.36. The van der Waals surface area contributed by atoms with Crippen LogP contribution in [-0.4, -0.2) is 62.8 Å². The molecule has 3 aromatic rings. The summed E-state index contributed by atoms with van der Waals surface area (Å²) in [4.78, 5) is 32.8. The van der Waals surface area contributed by atoms with Gasteiger partial charge in [-0.25, -0.2) is 4.98 Å². The number of hydrogen-bond acceptors (Lipinski definition) is 6. The lowest BCUT2D eigenvalue weighted by molar-refractivity contribution is 0.0140. The maximum atomic E-state index is 13.5. The molecule has 2 heterocycles. The molecule has 2 fully saturated rings. The average molecular weight is 491 g/mol. The zero-order valence-electron chi connectivity index (χ0n) is 21.2. The number of nitrogens with one attached hydrogen (secondary N) is 1. The van der Waals surface area contributed by atoms with Gasteiger partial charge in [0.25, 0.3) is 11.5 Å². The summed E-state index contributed by atoms with van der Waals surface area (Å²) in [5.74, 6) is 0.527. The van der Waals surface area contributed by atoms with Crippen molar-refractivity contribution in [3.8, 4) is 11.4 Å². The Hall–Kier alpha value is -3.23. The van der Waals surface area contributed by atoms with Crippen LogP contribution >= 0.6 is 0 Å². The molecule has 1 aliphatic carbocycles. The molecule has 1 saturated carbocycles. The van der Waals surface area contributed by atoms with Crippen LogP contribution in [0.3, 0.4) is 0 Å². The van der Waals surface area contributed by atoms with Crippen LogP contribution in [0.2, 0.25) is 0 Å². The normalized spacial score (nSPS) is 17.3.